The van der Waals surface area contributed by atoms with Crippen molar-refractivity contribution in [2.75, 3.05) is 11.9 Å². The van der Waals surface area contributed by atoms with Crippen LogP contribution in [0.1, 0.15) is 42.5 Å². The van der Waals surface area contributed by atoms with Crippen molar-refractivity contribution < 1.29 is 14.3 Å². The topological polar surface area (TPSA) is 83.4 Å². The van der Waals surface area contributed by atoms with Crippen LogP contribution in [0.3, 0.4) is 0 Å². The smallest absolute Gasteiger partial charge is 0.262 e. The van der Waals surface area contributed by atoms with E-state index in [1.807, 2.05) is 43.1 Å². The number of rotatable bonds is 7. The van der Waals surface area contributed by atoms with Gasteiger partial charge in [0.2, 0.25) is 5.91 Å². The van der Waals surface area contributed by atoms with Crippen LogP contribution in [-0.2, 0) is 9.59 Å². The van der Waals surface area contributed by atoms with Crippen molar-refractivity contribution in [3.8, 4) is 5.75 Å². The Bertz CT molecular complexity index is 1390. The van der Waals surface area contributed by atoms with Gasteiger partial charge in [0.15, 0.2) is 5.17 Å². The molecule has 0 saturated heterocycles. The Kier molecular flexibility index (Phi) is 7.81. The molecule has 194 valence electrons. The number of hydrogen-bond acceptors (Lipinski definition) is 6. The number of anilines is 1. The van der Waals surface area contributed by atoms with Crippen molar-refractivity contribution in [2.45, 2.75) is 38.0 Å². The third-order valence-electron chi connectivity index (χ3n) is 6.29. The minimum absolute atomic E-state index is 0.0144. The van der Waals surface area contributed by atoms with E-state index < -0.39 is 5.25 Å². The van der Waals surface area contributed by atoms with E-state index in [1.165, 1.54) is 17.3 Å². The normalized spacial score (nSPS) is 18.8. The summed E-state index contributed by atoms with van der Waals surface area (Å²) >= 11 is 7.37. The Balaban J connectivity index is 1.31. The van der Waals surface area contributed by atoms with E-state index in [4.69, 9.17) is 21.4 Å². The van der Waals surface area contributed by atoms with Gasteiger partial charge in [-0.15, -0.1) is 0 Å². The molecule has 3 aromatic rings. The molecule has 0 fully saturated rings. The number of hydrogen-bond donors (Lipinski definition) is 1. The lowest BCUT2D eigenvalue weighted by Gasteiger charge is -2.23. The summed E-state index contributed by atoms with van der Waals surface area (Å²) in [5, 5.41) is 10.1. The molecular weight excluding hydrogens is 520 g/mol. The van der Waals surface area contributed by atoms with Gasteiger partial charge in [-0.25, -0.2) is 5.01 Å². The summed E-state index contributed by atoms with van der Waals surface area (Å²) in [4.78, 5) is 29.9. The van der Waals surface area contributed by atoms with E-state index in [-0.39, 0.29) is 24.3 Å². The number of thioether (sulfide) groups is 1. The fraction of sp³-hybridized carbons (Fsp3) is 0.241. The third kappa shape index (κ3) is 5.92. The first-order valence-corrected chi connectivity index (χ1v) is 13.7. The molecule has 2 aliphatic heterocycles. The zero-order valence-corrected chi connectivity index (χ0v) is 22.6. The Morgan fingerprint density at radius 2 is 1.79 bits per heavy atom. The van der Waals surface area contributed by atoms with Gasteiger partial charge < -0.3 is 10.1 Å². The minimum Gasteiger partial charge on any atom is -0.494 e. The standard InChI is InChI=1S/C29H27ClN4O3S/c1-3-37-23-14-12-22(13-15-23)31-27(35)17-26-28(36)32-29(38-26)34-25(20-6-4-18(2)5-7-20)16-24(33-34)19-8-10-21(30)11-9-19/h4-15,25-26H,3,16-17H2,1-2H3,(H,31,35)/t25-,26-/m0/s1. The number of carbonyl (C=O) groups excluding carboxylic acids is 2. The molecule has 2 heterocycles. The largest absolute Gasteiger partial charge is 0.494 e. The van der Waals surface area contributed by atoms with Crippen LogP contribution in [0.2, 0.25) is 5.02 Å². The quantitative estimate of drug-likeness (QED) is 0.380. The molecule has 0 aliphatic carbocycles. The van der Waals surface area contributed by atoms with Crippen molar-refractivity contribution in [3.05, 3.63) is 94.5 Å². The van der Waals surface area contributed by atoms with Crippen molar-refractivity contribution in [1.82, 2.24) is 5.01 Å². The lowest BCUT2D eigenvalue weighted by Crippen LogP contribution is -2.25. The highest BCUT2D eigenvalue weighted by Crippen LogP contribution is 2.38. The molecule has 0 spiro atoms. The maximum atomic E-state index is 12.8. The van der Waals surface area contributed by atoms with Gasteiger partial charge in [-0.05, 0) is 61.4 Å². The van der Waals surface area contributed by atoms with Crippen LogP contribution in [0.25, 0.3) is 0 Å². The highest BCUT2D eigenvalue weighted by atomic mass is 35.5. The number of nitrogens with zero attached hydrogens (tertiary/aromatic N) is 3. The van der Waals surface area contributed by atoms with Gasteiger partial charge in [0.25, 0.3) is 5.91 Å². The first kappa shape index (κ1) is 26.0. The second kappa shape index (κ2) is 11.4. The monoisotopic (exact) mass is 546 g/mol. The number of carbonyl (C=O) groups is 2. The average molecular weight is 547 g/mol. The molecule has 2 aliphatic rings. The number of hydrazone groups is 1. The van der Waals surface area contributed by atoms with Gasteiger partial charge in [-0.3, -0.25) is 9.59 Å². The van der Waals surface area contributed by atoms with E-state index >= 15 is 0 Å². The molecule has 0 unspecified atom stereocenters. The molecule has 38 heavy (non-hydrogen) atoms. The van der Waals surface area contributed by atoms with Crippen LogP contribution in [0, 0.1) is 6.92 Å². The zero-order valence-electron chi connectivity index (χ0n) is 21.1. The number of ether oxygens (including phenoxy) is 1. The minimum atomic E-state index is -0.610. The lowest BCUT2D eigenvalue weighted by molar-refractivity contribution is -0.121. The maximum Gasteiger partial charge on any atom is 0.262 e. The fourth-order valence-corrected chi connectivity index (χ4v) is 5.53. The molecule has 7 nitrogen and oxygen atoms in total. The van der Waals surface area contributed by atoms with Crippen LogP contribution >= 0.6 is 23.4 Å². The summed E-state index contributed by atoms with van der Waals surface area (Å²) in [6.07, 6.45) is 0.669. The number of halogens is 1. The number of nitrogens with one attached hydrogen (secondary N) is 1. The molecule has 5 rings (SSSR count). The predicted octanol–water partition coefficient (Wildman–Crippen LogP) is 6.23. The Labute approximate surface area is 230 Å². The number of benzene rings is 3. The molecule has 1 N–H and O–H groups in total. The first-order chi connectivity index (χ1) is 18.4. The van der Waals surface area contributed by atoms with Gasteiger partial charge in [0, 0.05) is 23.6 Å². The first-order valence-electron chi connectivity index (χ1n) is 12.4. The molecule has 2 amide bonds. The summed E-state index contributed by atoms with van der Waals surface area (Å²) in [5.41, 5.74) is 4.75. The average Bonchev–Trinajstić information content (AvgIpc) is 3.50. The van der Waals surface area contributed by atoms with Crippen LogP contribution in [0.15, 0.2) is 82.9 Å². The molecule has 0 bridgehead atoms. The molecule has 3 aromatic carbocycles. The van der Waals surface area contributed by atoms with Crippen molar-refractivity contribution in [2.24, 2.45) is 10.1 Å². The fourth-order valence-electron chi connectivity index (χ4n) is 4.34. The van der Waals surface area contributed by atoms with Gasteiger partial charge in [-0.2, -0.15) is 10.1 Å². The second-order valence-corrected chi connectivity index (χ2v) is 10.7. The summed E-state index contributed by atoms with van der Waals surface area (Å²) in [6.45, 7) is 4.53. The SMILES string of the molecule is CCOc1ccc(NC(=O)C[C@@H]2SC(N3N=C(c4ccc(Cl)cc4)C[C@H]3c3ccc(C)cc3)=NC2=O)cc1. The van der Waals surface area contributed by atoms with E-state index in [1.54, 1.807) is 24.3 Å². The highest BCUT2D eigenvalue weighted by Gasteiger charge is 2.39. The summed E-state index contributed by atoms with van der Waals surface area (Å²) in [5.74, 6) is 0.153. The summed E-state index contributed by atoms with van der Waals surface area (Å²) in [7, 11) is 0. The summed E-state index contributed by atoms with van der Waals surface area (Å²) in [6, 6.07) is 22.9. The van der Waals surface area contributed by atoms with Crippen LogP contribution in [0.5, 0.6) is 5.75 Å². The van der Waals surface area contributed by atoms with Gasteiger partial charge >= 0.3 is 0 Å². The van der Waals surface area contributed by atoms with Gasteiger partial charge in [0.05, 0.1) is 18.4 Å². The zero-order chi connectivity index (χ0) is 26.6. The predicted molar refractivity (Wildman–Crippen MR) is 153 cm³/mol. The number of aryl methyl sites for hydroxylation is 1. The number of amidine groups is 1. The van der Waals surface area contributed by atoms with Crippen molar-refractivity contribution in [1.29, 1.82) is 0 Å². The van der Waals surface area contributed by atoms with E-state index in [0.29, 0.717) is 28.9 Å². The molecule has 0 saturated carbocycles. The van der Waals surface area contributed by atoms with Crippen LogP contribution in [0.4, 0.5) is 5.69 Å². The Morgan fingerprint density at radius 1 is 1.08 bits per heavy atom. The van der Waals surface area contributed by atoms with Crippen LogP contribution < -0.4 is 10.1 Å². The molecule has 9 heteroatoms. The molecule has 0 aromatic heterocycles. The van der Waals surface area contributed by atoms with Crippen molar-refractivity contribution in [3.63, 3.8) is 0 Å². The second-order valence-electron chi connectivity index (χ2n) is 9.08. The molecule has 0 radical (unpaired) electrons. The maximum absolute atomic E-state index is 12.8. The number of amides is 2. The van der Waals surface area contributed by atoms with Crippen molar-refractivity contribution >= 4 is 51.7 Å². The van der Waals surface area contributed by atoms with E-state index in [2.05, 4.69) is 34.6 Å². The third-order valence-corrected chi connectivity index (χ3v) is 7.69. The lowest BCUT2D eigenvalue weighted by atomic mass is 9.98. The van der Waals surface area contributed by atoms with Gasteiger partial charge in [-0.1, -0.05) is 65.3 Å². The van der Waals surface area contributed by atoms with Gasteiger partial charge in [0.1, 0.15) is 11.0 Å². The highest BCUT2D eigenvalue weighted by molar-refractivity contribution is 8.15. The summed E-state index contributed by atoms with van der Waals surface area (Å²) < 4.78 is 5.44. The van der Waals surface area contributed by atoms with E-state index in [9.17, 15) is 9.59 Å². The Hall–Kier alpha value is -3.62. The number of aliphatic imine (C=N–C) groups is 1. The van der Waals surface area contributed by atoms with Crippen LogP contribution in [-0.4, -0.2) is 39.6 Å². The molecule has 2 atom stereocenters. The van der Waals surface area contributed by atoms with E-state index in [0.717, 1.165) is 22.6 Å². The molecular formula is C29H27ClN4O3S. The Morgan fingerprint density at radius 3 is 2.47 bits per heavy atom.